The van der Waals surface area contributed by atoms with Crippen LogP contribution in [0, 0.1) is 5.92 Å². The first-order chi connectivity index (χ1) is 14.5. The van der Waals surface area contributed by atoms with E-state index in [2.05, 4.69) is 17.6 Å². The fourth-order valence-corrected chi connectivity index (χ4v) is 5.01. The van der Waals surface area contributed by atoms with E-state index in [0.29, 0.717) is 12.3 Å². The average Bonchev–Trinajstić information content (AvgIpc) is 3.05. The Morgan fingerprint density at radius 3 is 2.52 bits per heavy atom. The number of aliphatic hydroxyl groups excluding tert-OH is 3. The van der Waals surface area contributed by atoms with E-state index in [1.54, 1.807) is 6.26 Å². The number of ether oxygens (including phenoxy) is 1. The minimum Gasteiger partial charge on any atom is -0.388 e. The molecule has 0 aromatic heterocycles. The van der Waals surface area contributed by atoms with Crippen LogP contribution in [0.4, 0.5) is 13.2 Å². The molecule has 1 amide bonds. The van der Waals surface area contributed by atoms with Crippen molar-refractivity contribution in [2.75, 3.05) is 32.9 Å². The number of halogens is 3. The van der Waals surface area contributed by atoms with Gasteiger partial charge in [-0.15, -0.1) is 11.8 Å². The smallest absolute Gasteiger partial charge is 0.388 e. The van der Waals surface area contributed by atoms with Crippen LogP contribution in [-0.2, 0) is 9.53 Å². The van der Waals surface area contributed by atoms with Crippen LogP contribution in [0.1, 0.15) is 26.2 Å². The van der Waals surface area contributed by atoms with E-state index in [1.807, 2.05) is 11.9 Å². The van der Waals surface area contributed by atoms with Crippen LogP contribution in [-0.4, -0.2) is 107 Å². The van der Waals surface area contributed by atoms with Crippen molar-refractivity contribution in [2.45, 2.75) is 74.3 Å². The van der Waals surface area contributed by atoms with Crippen LogP contribution < -0.4 is 10.6 Å². The number of aliphatic hydroxyl groups is 3. The van der Waals surface area contributed by atoms with Gasteiger partial charge in [0.05, 0.1) is 18.6 Å². The van der Waals surface area contributed by atoms with Crippen molar-refractivity contribution in [3.8, 4) is 0 Å². The normalized spacial score (nSPS) is 35.8. The first-order valence-corrected chi connectivity index (χ1v) is 11.8. The molecule has 0 radical (unpaired) electrons. The Labute approximate surface area is 184 Å². The lowest BCUT2D eigenvalue weighted by molar-refractivity contribution is -0.205. The van der Waals surface area contributed by atoms with E-state index in [-0.39, 0.29) is 12.5 Å². The number of amides is 1. The predicted molar refractivity (Wildman–Crippen MR) is 110 cm³/mol. The molecule has 8 nitrogen and oxygen atoms in total. The van der Waals surface area contributed by atoms with Crippen molar-refractivity contribution in [1.29, 1.82) is 0 Å². The Hall–Kier alpha value is -0.630. The predicted octanol–water partition coefficient (Wildman–Crippen LogP) is -0.0859. The van der Waals surface area contributed by atoms with Gasteiger partial charge in [-0.25, -0.2) is 0 Å². The van der Waals surface area contributed by atoms with Crippen LogP contribution in [0.5, 0.6) is 0 Å². The van der Waals surface area contributed by atoms with Crippen LogP contribution in [0.15, 0.2) is 0 Å². The summed E-state index contributed by atoms with van der Waals surface area (Å²) in [6.07, 6.45) is -5.89. The summed E-state index contributed by atoms with van der Waals surface area (Å²) in [5.74, 6) is -0.000980. The van der Waals surface area contributed by atoms with Crippen molar-refractivity contribution in [3.05, 3.63) is 0 Å². The summed E-state index contributed by atoms with van der Waals surface area (Å²) in [7, 11) is 1.83. The lowest BCUT2D eigenvalue weighted by atomic mass is 9.94. The van der Waals surface area contributed by atoms with Crippen LogP contribution in [0.3, 0.4) is 0 Å². The summed E-state index contributed by atoms with van der Waals surface area (Å²) < 4.78 is 43.5. The maximum Gasteiger partial charge on any atom is 0.401 e. The zero-order valence-corrected chi connectivity index (χ0v) is 18.8. The van der Waals surface area contributed by atoms with E-state index < -0.39 is 54.7 Å². The van der Waals surface area contributed by atoms with E-state index in [4.69, 9.17) is 4.74 Å². The zero-order chi connectivity index (χ0) is 23.3. The summed E-state index contributed by atoms with van der Waals surface area (Å²) in [5, 5.41) is 35.6. The number of nitrogens with one attached hydrogen (secondary N) is 2. The highest BCUT2D eigenvalue weighted by Crippen LogP contribution is 2.30. The van der Waals surface area contributed by atoms with Crippen LogP contribution in [0.2, 0.25) is 0 Å². The number of hydrogen-bond donors (Lipinski definition) is 5. The van der Waals surface area contributed by atoms with Gasteiger partial charge in [0.15, 0.2) is 0 Å². The molecular formula is C19H34F3N3O5S. The Morgan fingerprint density at radius 2 is 1.94 bits per heavy atom. The third kappa shape index (κ3) is 7.18. The molecule has 0 bridgehead atoms. The quantitative estimate of drug-likeness (QED) is 0.316. The number of nitrogens with zero attached hydrogens (tertiary/aromatic N) is 1. The number of carbonyl (C=O) groups is 1. The van der Waals surface area contributed by atoms with Gasteiger partial charge >= 0.3 is 6.18 Å². The molecule has 8 atom stereocenters. The monoisotopic (exact) mass is 473 g/mol. The molecule has 12 heteroatoms. The van der Waals surface area contributed by atoms with E-state index in [1.165, 1.54) is 0 Å². The van der Waals surface area contributed by atoms with Crippen LogP contribution in [0.25, 0.3) is 0 Å². The Balaban J connectivity index is 2.13. The summed E-state index contributed by atoms with van der Waals surface area (Å²) in [6, 6.07) is -1.48. The summed E-state index contributed by atoms with van der Waals surface area (Å²) in [6.45, 7) is 1.22. The molecule has 2 aliphatic heterocycles. The van der Waals surface area contributed by atoms with E-state index in [9.17, 15) is 33.3 Å². The lowest BCUT2D eigenvalue weighted by Gasteiger charge is -2.43. The first kappa shape index (κ1) is 26.6. The van der Waals surface area contributed by atoms with Crippen molar-refractivity contribution in [2.24, 2.45) is 5.92 Å². The number of thioether (sulfide) groups is 1. The molecule has 2 fully saturated rings. The third-order valence-electron chi connectivity index (χ3n) is 5.89. The number of rotatable bonds is 9. The molecule has 0 aromatic rings. The van der Waals surface area contributed by atoms with Gasteiger partial charge in [0.1, 0.15) is 29.9 Å². The average molecular weight is 474 g/mol. The van der Waals surface area contributed by atoms with Gasteiger partial charge in [-0.3, -0.25) is 9.69 Å². The Morgan fingerprint density at radius 1 is 1.26 bits per heavy atom. The second kappa shape index (κ2) is 11.5. The highest BCUT2D eigenvalue weighted by atomic mass is 32.2. The molecule has 0 aliphatic carbocycles. The molecule has 0 aromatic carbocycles. The van der Waals surface area contributed by atoms with Crippen molar-refractivity contribution in [1.82, 2.24) is 15.5 Å². The SMILES string of the molecule is CCC[C@@H]1C[C@@H](C(=O)N[C@H](CNCC(F)(F)F)[C@H]2OC(SC)[C@H](O)C(O)C2O)N(C)C1. The second-order valence-corrected chi connectivity index (χ2v) is 9.32. The molecule has 0 spiro atoms. The van der Waals surface area contributed by atoms with E-state index in [0.717, 1.165) is 31.1 Å². The molecule has 31 heavy (non-hydrogen) atoms. The molecule has 5 N–H and O–H groups in total. The molecule has 0 saturated carbocycles. The molecule has 2 heterocycles. The van der Waals surface area contributed by atoms with E-state index >= 15 is 0 Å². The number of hydrogen-bond acceptors (Lipinski definition) is 8. The van der Waals surface area contributed by atoms with Crippen LogP contribution >= 0.6 is 11.8 Å². The molecule has 2 rings (SSSR count). The van der Waals surface area contributed by atoms with Gasteiger partial charge in [-0.05, 0) is 32.1 Å². The second-order valence-electron chi connectivity index (χ2n) is 8.38. The summed E-state index contributed by atoms with van der Waals surface area (Å²) in [5.41, 5.74) is -0.895. The van der Waals surface area contributed by atoms with Gasteiger partial charge < -0.3 is 30.7 Å². The first-order valence-electron chi connectivity index (χ1n) is 10.5. The zero-order valence-electron chi connectivity index (χ0n) is 18.0. The third-order valence-corrected chi connectivity index (χ3v) is 6.74. The molecule has 2 saturated heterocycles. The molecule has 2 aliphatic rings. The van der Waals surface area contributed by atoms with Gasteiger partial charge in [-0.1, -0.05) is 13.3 Å². The standard InChI is InChI=1S/C19H34F3N3O5S/c1-4-5-10-6-12(25(2)8-10)17(29)24-11(7-23-9-19(20,21)22)16-14(27)13(26)15(28)18(30-16)31-3/h10-16,18,23,26-28H,4-9H2,1-3H3,(H,24,29)/t10-,11-,12+,13?,14?,15-,16-,18?/m1/s1. The van der Waals surface area contributed by atoms with Gasteiger partial charge in [0, 0.05) is 13.1 Å². The largest absolute Gasteiger partial charge is 0.401 e. The fourth-order valence-electron chi connectivity index (χ4n) is 4.33. The van der Waals surface area contributed by atoms with Crippen molar-refractivity contribution >= 4 is 17.7 Å². The molecular weight excluding hydrogens is 439 g/mol. The minimum absolute atomic E-state index is 0.328. The Bertz CT molecular complexity index is 586. The molecule has 182 valence electrons. The molecule has 3 unspecified atom stereocenters. The fraction of sp³-hybridized carbons (Fsp3) is 0.947. The number of carbonyl (C=O) groups excluding carboxylic acids is 1. The minimum atomic E-state index is -4.45. The number of likely N-dealkylation sites (tertiary alicyclic amines) is 1. The van der Waals surface area contributed by atoms with Gasteiger partial charge in [0.25, 0.3) is 0 Å². The topological polar surface area (TPSA) is 114 Å². The maximum atomic E-state index is 13.0. The maximum absolute atomic E-state index is 13.0. The van der Waals surface area contributed by atoms with Crippen molar-refractivity contribution in [3.63, 3.8) is 0 Å². The summed E-state index contributed by atoms with van der Waals surface area (Å²) >= 11 is 1.09. The lowest BCUT2D eigenvalue weighted by Crippen LogP contribution is -2.65. The van der Waals surface area contributed by atoms with Crippen molar-refractivity contribution < 1.29 is 38.0 Å². The summed E-state index contributed by atoms with van der Waals surface area (Å²) in [4.78, 5) is 14.9. The highest BCUT2D eigenvalue weighted by Gasteiger charge is 2.47. The highest BCUT2D eigenvalue weighted by molar-refractivity contribution is 7.99. The van der Waals surface area contributed by atoms with Gasteiger partial charge in [-0.2, -0.15) is 13.2 Å². The number of likely N-dealkylation sites (N-methyl/N-ethyl adjacent to an activating group) is 1. The van der Waals surface area contributed by atoms with Gasteiger partial charge in [0.2, 0.25) is 5.91 Å². The Kier molecular flexibility index (Phi) is 9.86. The number of alkyl halides is 3.